The van der Waals surface area contributed by atoms with E-state index in [9.17, 15) is 0 Å². The Morgan fingerprint density at radius 2 is 1.76 bits per heavy atom. The molecule has 1 aliphatic heterocycles. The number of piperazine rings is 1. The summed E-state index contributed by atoms with van der Waals surface area (Å²) < 4.78 is 14.6. The molecule has 1 unspecified atom stereocenters. The molecule has 2 aromatic heterocycles. The highest BCUT2D eigenvalue weighted by atomic mass is 35.5. The van der Waals surface area contributed by atoms with Gasteiger partial charge in [0.1, 0.15) is 17.5 Å². The van der Waals surface area contributed by atoms with E-state index in [1.165, 1.54) is 17.5 Å². The summed E-state index contributed by atoms with van der Waals surface area (Å²) in [5, 5.41) is 14.3. The highest BCUT2D eigenvalue weighted by Crippen LogP contribution is 2.39. The van der Waals surface area contributed by atoms with E-state index in [1.54, 1.807) is 25.6 Å². The number of anilines is 1. The molecule has 0 radical (unpaired) electrons. The van der Waals surface area contributed by atoms with Crippen LogP contribution >= 0.6 is 23.7 Å². The predicted molar refractivity (Wildman–Crippen MR) is 147 cm³/mol. The number of thiazole rings is 1. The number of halogens is 1. The van der Waals surface area contributed by atoms with E-state index < -0.39 is 0 Å². The molecule has 0 amide bonds. The van der Waals surface area contributed by atoms with Crippen molar-refractivity contribution in [1.82, 2.24) is 30.1 Å². The van der Waals surface area contributed by atoms with Crippen LogP contribution in [0.25, 0.3) is 10.2 Å². The third-order valence-corrected chi connectivity index (χ3v) is 8.50. The third-order valence-electron chi connectivity index (χ3n) is 7.40. The quantitative estimate of drug-likeness (QED) is 0.331. The van der Waals surface area contributed by atoms with Crippen LogP contribution in [0.4, 0.5) is 5.13 Å². The molecule has 4 aromatic rings. The maximum atomic E-state index is 5.84. The van der Waals surface area contributed by atoms with Crippen molar-refractivity contribution in [1.29, 1.82) is 0 Å². The minimum absolute atomic E-state index is 0. The summed E-state index contributed by atoms with van der Waals surface area (Å²) in [6.45, 7) is 3.51. The number of hydrogen-bond donors (Lipinski definition) is 0. The summed E-state index contributed by atoms with van der Waals surface area (Å²) in [4.78, 5) is 9.75. The molecule has 1 atom stereocenters. The van der Waals surface area contributed by atoms with Crippen molar-refractivity contribution in [3.63, 3.8) is 0 Å². The van der Waals surface area contributed by atoms with Crippen LogP contribution < -0.4 is 14.4 Å². The maximum absolute atomic E-state index is 5.84. The molecule has 2 aliphatic rings. The van der Waals surface area contributed by atoms with Crippen molar-refractivity contribution >= 4 is 39.1 Å². The molecule has 0 spiro atoms. The van der Waals surface area contributed by atoms with E-state index in [1.807, 2.05) is 18.2 Å². The SMILES string of the molecule is COc1ccc(C(c2nnnn2C2CCCC2)N2CCN(c3nc4ccccc4s3)CC2)c(OC)c1.Cl. The number of methoxy groups -OCH3 is 2. The molecular weight excluding hydrogens is 510 g/mol. The number of aromatic nitrogens is 5. The molecule has 1 saturated carbocycles. The van der Waals surface area contributed by atoms with Crippen molar-refractivity contribution < 1.29 is 9.47 Å². The molecule has 37 heavy (non-hydrogen) atoms. The van der Waals surface area contributed by atoms with Crippen LogP contribution in [0.1, 0.15) is 49.2 Å². The topological polar surface area (TPSA) is 81.4 Å². The van der Waals surface area contributed by atoms with Crippen LogP contribution in [0.5, 0.6) is 11.5 Å². The average Bonchev–Trinajstić information content (AvgIpc) is 3.70. The molecule has 1 aliphatic carbocycles. The van der Waals surface area contributed by atoms with Gasteiger partial charge in [-0.1, -0.05) is 36.3 Å². The zero-order valence-corrected chi connectivity index (χ0v) is 22.7. The van der Waals surface area contributed by atoms with Crippen LogP contribution in [0.15, 0.2) is 42.5 Å². The first-order valence-electron chi connectivity index (χ1n) is 12.6. The Morgan fingerprint density at radius 1 is 0.973 bits per heavy atom. The van der Waals surface area contributed by atoms with Crippen molar-refractivity contribution in [3.05, 3.63) is 53.9 Å². The number of hydrogen-bond acceptors (Lipinski definition) is 9. The molecule has 9 nitrogen and oxygen atoms in total. The fourth-order valence-corrected chi connectivity index (χ4v) is 6.52. The number of fused-ring (bicyclic) bond motifs is 1. The van der Waals surface area contributed by atoms with E-state index >= 15 is 0 Å². The first-order chi connectivity index (χ1) is 17.7. The number of tetrazole rings is 1. The van der Waals surface area contributed by atoms with Gasteiger partial charge in [0.25, 0.3) is 0 Å². The van der Waals surface area contributed by atoms with Gasteiger partial charge in [0.15, 0.2) is 11.0 Å². The second-order valence-corrected chi connectivity index (χ2v) is 10.4. The molecule has 0 bridgehead atoms. The van der Waals surface area contributed by atoms with Gasteiger partial charge in [-0.2, -0.15) is 0 Å². The second kappa shape index (κ2) is 11.2. The lowest BCUT2D eigenvalue weighted by atomic mass is 10.0. The third kappa shape index (κ3) is 4.97. The van der Waals surface area contributed by atoms with Crippen LogP contribution in [0.3, 0.4) is 0 Å². The average molecular weight is 542 g/mol. The molecular formula is C26H32ClN7O2S. The summed E-state index contributed by atoms with van der Waals surface area (Å²) in [5.41, 5.74) is 2.12. The first kappa shape index (κ1) is 25.7. The van der Waals surface area contributed by atoms with Crippen LogP contribution in [-0.2, 0) is 0 Å². The zero-order valence-electron chi connectivity index (χ0n) is 21.1. The minimum atomic E-state index is -0.112. The van der Waals surface area contributed by atoms with Gasteiger partial charge in [-0.15, -0.1) is 17.5 Å². The zero-order chi connectivity index (χ0) is 24.5. The Bertz CT molecular complexity index is 1300. The van der Waals surface area contributed by atoms with Gasteiger partial charge in [0.05, 0.1) is 30.5 Å². The van der Waals surface area contributed by atoms with E-state index in [4.69, 9.17) is 14.5 Å². The van der Waals surface area contributed by atoms with Gasteiger partial charge >= 0.3 is 0 Å². The van der Waals surface area contributed by atoms with Gasteiger partial charge in [-0.3, -0.25) is 4.90 Å². The minimum Gasteiger partial charge on any atom is -0.497 e. The normalized spacial score (nSPS) is 17.6. The number of rotatable bonds is 7. The number of para-hydroxylation sites is 1. The van der Waals surface area contributed by atoms with Crippen molar-refractivity contribution in [2.75, 3.05) is 45.3 Å². The molecule has 1 saturated heterocycles. The highest BCUT2D eigenvalue weighted by Gasteiger charge is 2.35. The Kier molecular flexibility index (Phi) is 7.78. The molecule has 11 heteroatoms. The lowest BCUT2D eigenvalue weighted by Gasteiger charge is -2.39. The fourth-order valence-electron chi connectivity index (χ4n) is 5.50. The monoisotopic (exact) mass is 541 g/mol. The summed E-state index contributed by atoms with van der Waals surface area (Å²) >= 11 is 1.76. The largest absolute Gasteiger partial charge is 0.497 e. The van der Waals surface area contributed by atoms with Gasteiger partial charge in [-0.25, -0.2) is 9.67 Å². The molecule has 2 aromatic carbocycles. The predicted octanol–water partition coefficient (Wildman–Crippen LogP) is 4.75. The van der Waals surface area contributed by atoms with Crippen molar-refractivity contribution in [3.8, 4) is 11.5 Å². The van der Waals surface area contributed by atoms with E-state index in [2.05, 4.69) is 54.3 Å². The lowest BCUT2D eigenvalue weighted by molar-refractivity contribution is 0.194. The summed E-state index contributed by atoms with van der Waals surface area (Å²) in [7, 11) is 3.38. The Balaban J connectivity index is 0.00000280. The van der Waals surface area contributed by atoms with E-state index in [0.717, 1.165) is 72.6 Å². The summed E-state index contributed by atoms with van der Waals surface area (Å²) in [5.74, 6) is 2.44. The van der Waals surface area contributed by atoms with Gasteiger partial charge in [0, 0.05) is 37.8 Å². The van der Waals surface area contributed by atoms with Crippen molar-refractivity contribution in [2.45, 2.75) is 37.8 Å². The fraction of sp³-hybridized carbons (Fsp3) is 0.462. The van der Waals surface area contributed by atoms with Crippen LogP contribution in [-0.4, -0.2) is 70.5 Å². The van der Waals surface area contributed by atoms with Crippen LogP contribution in [0, 0.1) is 0 Å². The van der Waals surface area contributed by atoms with Gasteiger partial charge < -0.3 is 14.4 Å². The number of benzene rings is 2. The maximum Gasteiger partial charge on any atom is 0.186 e. The van der Waals surface area contributed by atoms with E-state index in [-0.39, 0.29) is 18.4 Å². The molecule has 3 heterocycles. The molecule has 2 fully saturated rings. The van der Waals surface area contributed by atoms with Crippen molar-refractivity contribution in [2.24, 2.45) is 0 Å². The first-order valence-corrected chi connectivity index (χ1v) is 13.4. The van der Waals surface area contributed by atoms with E-state index in [0.29, 0.717) is 6.04 Å². The lowest BCUT2D eigenvalue weighted by Crippen LogP contribution is -2.48. The summed E-state index contributed by atoms with van der Waals surface area (Å²) in [6.07, 6.45) is 4.69. The number of ether oxygens (including phenoxy) is 2. The van der Waals surface area contributed by atoms with Crippen LogP contribution in [0.2, 0.25) is 0 Å². The smallest absolute Gasteiger partial charge is 0.186 e. The molecule has 196 valence electrons. The Morgan fingerprint density at radius 3 is 2.49 bits per heavy atom. The summed E-state index contributed by atoms with van der Waals surface area (Å²) in [6, 6.07) is 14.6. The number of nitrogens with zero attached hydrogens (tertiary/aromatic N) is 7. The molecule has 0 N–H and O–H groups in total. The second-order valence-electron chi connectivity index (χ2n) is 9.42. The van der Waals surface area contributed by atoms with Gasteiger partial charge in [0.2, 0.25) is 0 Å². The Labute approximate surface area is 226 Å². The Hall–Kier alpha value is -2.95. The molecule has 6 rings (SSSR count). The van der Waals surface area contributed by atoms with Gasteiger partial charge in [-0.05, 0) is 47.5 Å². The standard InChI is InChI=1S/C26H31N7O2S.ClH/c1-34-19-11-12-20(22(17-19)35-2)24(25-28-29-30-33(25)18-7-3-4-8-18)31-13-15-32(16-14-31)26-27-21-9-5-6-10-23(21)36-26;/h5-6,9-12,17-18,24H,3-4,7-8,13-16H2,1-2H3;1H. The highest BCUT2D eigenvalue weighted by molar-refractivity contribution is 7.22.